The van der Waals surface area contributed by atoms with E-state index in [1.165, 1.54) is 12.1 Å². The normalized spacial score (nSPS) is 12.1. The van der Waals surface area contributed by atoms with Gasteiger partial charge in [-0.1, -0.05) is 97.0 Å². The summed E-state index contributed by atoms with van der Waals surface area (Å²) in [5, 5.41) is 77.7. The van der Waals surface area contributed by atoms with E-state index in [1.54, 1.807) is 54.9 Å². The van der Waals surface area contributed by atoms with Crippen molar-refractivity contribution in [2.24, 2.45) is 10.2 Å². The van der Waals surface area contributed by atoms with Gasteiger partial charge >= 0.3 is 0 Å². The van der Waals surface area contributed by atoms with Crippen LogP contribution in [0.15, 0.2) is 238 Å². The van der Waals surface area contributed by atoms with Crippen LogP contribution < -0.4 is 54.2 Å². The molecule has 0 fully saturated rings. The van der Waals surface area contributed by atoms with Gasteiger partial charge in [0.2, 0.25) is 0 Å². The Morgan fingerprint density at radius 3 is 1.61 bits per heavy atom. The number of hydrazine groups is 2. The Bertz CT molecular complexity index is 8000. The van der Waals surface area contributed by atoms with Gasteiger partial charge in [0, 0.05) is 79.1 Å². The fourth-order valence-corrected chi connectivity index (χ4v) is 14.4. The van der Waals surface area contributed by atoms with Gasteiger partial charge < -0.3 is 9.97 Å². The molecule has 8 aromatic carbocycles. The number of aromatic nitrogens is 14. The standard InChI is InChI=1S/C23H15ClN6.C22H13ClN6O.C22H14N6.C21H12N6O/c1-12-6-7-14-8-18(16-9-19(24)22-20(10-16)28-30-29-22)21(27-23(14)26-12)17-5-3-4-15(11-25)13(17)2;1-11-12(10-24)3-2-4-14(11)20-15(9-16-19(30)5-6-25-22(16)26-20)13-7-17(23)21-18(8-13)27-29-28-21;1-13-5-6-17-10-18(15-7-8-19-20(11-15)27-28-26-19)21(25-22(17)24-13)16-4-2-3-14(9-16)12-23;22-11-12-2-1-3-14(8-12)20-15(10-16-19(28)6-7-23-21(16)24-20)13-4-5-17-18(9-13)26-27-25-17/h3-10,28,30H,1H2,2H3;2-9H,1H3,(H,25,26,30)(H,27,28,29);2-11,27-28H,1H2;1-10H,(H,23,24,28)(H,25,26,27). The van der Waals surface area contributed by atoms with Crippen LogP contribution in [0, 0.1) is 80.0 Å². The van der Waals surface area contributed by atoms with Crippen LogP contribution in [0.2, 0.25) is 10.0 Å². The molecule has 0 radical (unpaired) electrons. The lowest BCUT2D eigenvalue weighted by molar-refractivity contribution is 0.890. The van der Waals surface area contributed by atoms with Crippen molar-refractivity contribution in [2.45, 2.75) is 13.8 Å². The number of halogens is 2. The van der Waals surface area contributed by atoms with Crippen molar-refractivity contribution in [3.63, 3.8) is 0 Å². The Morgan fingerprint density at radius 1 is 0.405 bits per heavy atom. The number of aromatic amines is 4. The molecule has 2 aliphatic heterocycles. The first-order chi connectivity index (χ1) is 56.5. The first kappa shape index (κ1) is 72.3. The molecule has 28 heteroatoms. The first-order valence-electron chi connectivity index (χ1n) is 35.6. The molecule has 26 nitrogen and oxygen atoms in total. The third-order valence-electron chi connectivity index (χ3n) is 19.6. The van der Waals surface area contributed by atoms with E-state index >= 15 is 0 Å². The molecular weight excluding hydrogens is 1500 g/mol. The predicted molar refractivity (Wildman–Crippen MR) is 444 cm³/mol. The van der Waals surface area contributed by atoms with Crippen LogP contribution in [-0.4, -0.2) is 70.7 Å². The van der Waals surface area contributed by atoms with Crippen molar-refractivity contribution < 1.29 is 0 Å². The summed E-state index contributed by atoms with van der Waals surface area (Å²) in [5.41, 5.74) is 31.0. The number of hydrogen-bond donors (Lipinski definition) is 8. The predicted octanol–water partition coefficient (Wildman–Crippen LogP) is 13.4. The lowest BCUT2D eigenvalue weighted by atomic mass is 9.93. The van der Waals surface area contributed by atoms with Crippen molar-refractivity contribution in [1.82, 2.24) is 81.8 Å². The summed E-state index contributed by atoms with van der Waals surface area (Å²) in [6.45, 7) is 11.6. The molecule has 0 amide bonds. The molecule has 10 aromatic heterocycles. The van der Waals surface area contributed by atoms with Gasteiger partial charge in [0.15, 0.2) is 22.2 Å². The Labute approximate surface area is 664 Å². The first-order valence-corrected chi connectivity index (χ1v) is 36.4. The maximum Gasteiger partial charge on any atom is 0.191 e. The van der Waals surface area contributed by atoms with Gasteiger partial charge in [-0.05, 0) is 180 Å². The summed E-state index contributed by atoms with van der Waals surface area (Å²) in [7, 11) is 0. The lowest BCUT2D eigenvalue weighted by Gasteiger charge is -2.14. The number of fused-ring (bicyclic) bond motifs is 8. The highest BCUT2D eigenvalue weighted by molar-refractivity contribution is 6.35. The quantitative estimate of drug-likeness (QED) is 0.0766. The van der Waals surface area contributed by atoms with E-state index in [1.807, 2.05) is 159 Å². The Morgan fingerprint density at radius 2 is 0.957 bits per heavy atom. The maximum atomic E-state index is 12.5. The van der Waals surface area contributed by atoms with Crippen LogP contribution in [0.1, 0.15) is 33.4 Å². The van der Waals surface area contributed by atoms with Gasteiger partial charge in [-0.25, -0.2) is 41.0 Å². The molecular formula is C88H54Cl2N24O2. The van der Waals surface area contributed by atoms with Crippen LogP contribution in [0.4, 0.5) is 11.4 Å². The number of nitrogens with one attached hydrogen (secondary N) is 8. The van der Waals surface area contributed by atoms with E-state index in [0.717, 1.165) is 121 Å². The second-order valence-electron chi connectivity index (χ2n) is 26.7. The maximum absolute atomic E-state index is 12.5. The van der Waals surface area contributed by atoms with Crippen LogP contribution in [0.5, 0.6) is 0 Å². The minimum atomic E-state index is -0.139. The molecule has 0 unspecified atom stereocenters. The highest BCUT2D eigenvalue weighted by Crippen LogP contribution is 2.39. The summed E-state index contributed by atoms with van der Waals surface area (Å²) in [5.74, 6) is 0. The molecule has 0 saturated carbocycles. The summed E-state index contributed by atoms with van der Waals surface area (Å²) < 4.78 is 0. The van der Waals surface area contributed by atoms with Crippen LogP contribution in [-0.2, 0) is 0 Å². The Balaban J connectivity index is 0.000000111. The van der Waals surface area contributed by atoms with Crippen LogP contribution in [0.3, 0.4) is 0 Å². The zero-order valence-electron chi connectivity index (χ0n) is 60.9. The number of hydrogen-bond acceptors (Lipinski definition) is 22. The molecule has 0 saturated heterocycles. The molecule has 0 spiro atoms. The van der Waals surface area contributed by atoms with E-state index in [9.17, 15) is 30.6 Å². The number of nitriles is 4. The van der Waals surface area contributed by atoms with Gasteiger partial charge in [0.1, 0.15) is 44.1 Å². The van der Waals surface area contributed by atoms with E-state index in [0.29, 0.717) is 110 Å². The van der Waals surface area contributed by atoms with Gasteiger partial charge in [0.25, 0.3) is 0 Å². The van der Waals surface area contributed by atoms with E-state index in [4.69, 9.17) is 43.1 Å². The van der Waals surface area contributed by atoms with Crippen molar-refractivity contribution in [1.29, 1.82) is 21.0 Å². The molecule has 0 aliphatic carbocycles. The minimum absolute atomic E-state index is 0.109. The summed E-state index contributed by atoms with van der Waals surface area (Å²) >= 11 is 12.9. The number of anilines is 2. The second-order valence-corrected chi connectivity index (χ2v) is 27.6. The second kappa shape index (κ2) is 30.4. The molecule has 0 atom stereocenters. The number of H-pyrrole nitrogens is 4. The molecule has 20 rings (SSSR count). The fraction of sp³-hybridized carbons (Fsp3) is 0.0227. The molecule has 552 valence electrons. The van der Waals surface area contributed by atoms with E-state index in [-0.39, 0.29) is 10.9 Å². The molecule has 0 bridgehead atoms. The smallest absolute Gasteiger partial charge is 0.191 e. The average Bonchev–Trinajstić information content (AvgIpc) is 1.01. The summed E-state index contributed by atoms with van der Waals surface area (Å²) in [6, 6.07) is 72.1. The SMILES string of the molecule is C=c1ccc2cc(=c3cc(Cl)c4c(c3)NNN=4)c(-c3cccc(C#N)c3C)nc2n1.C=c1ccc2cc(=c3ccc4c(c3)NNN=4)c(-c3cccc(C#N)c3)nc2n1.Cc1c(C#N)cccc1-c1nc2[nH]ccc(=O)c2cc1-c1cc(Cl)c2n[nH]nc2c1.N#Cc1cccc(-c2nc3[nH]ccc(=O)c3cc2-c2ccc3n[nH]nc3c2)c1. The van der Waals surface area contributed by atoms with E-state index < -0.39 is 0 Å². The fourth-order valence-electron chi connectivity index (χ4n) is 13.8. The average molecular weight is 1550 g/mol. The third-order valence-corrected chi connectivity index (χ3v) is 20.2. The van der Waals surface area contributed by atoms with Crippen LogP contribution >= 0.6 is 23.2 Å². The highest BCUT2D eigenvalue weighted by Gasteiger charge is 2.21. The van der Waals surface area contributed by atoms with Crippen molar-refractivity contribution in [3.05, 3.63) is 325 Å². The van der Waals surface area contributed by atoms with Gasteiger partial charge in [-0.3, -0.25) is 20.4 Å². The Hall–Kier alpha value is -16.5. The lowest BCUT2D eigenvalue weighted by Crippen LogP contribution is -2.08. The van der Waals surface area contributed by atoms with Crippen molar-refractivity contribution in [3.8, 4) is 91.6 Å². The summed E-state index contributed by atoms with van der Waals surface area (Å²) in [6.07, 6.45) is 3.15. The monoisotopic (exact) mass is 1550 g/mol. The molecule has 8 N–H and O–H groups in total. The minimum Gasteiger partial charge on any atom is -0.346 e. The zero-order chi connectivity index (χ0) is 79.8. The van der Waals surface area contributed by atoms with Gasteiger partial charge in [-0.15, -0.1) is 0 Å². The number of rotatable bonds is 6. The largest absolute Gasteiger partial charge is 0.346 e. The molecule has 18 aromatic rings. The summed E-state index contributed by atoms with van der Waals surface area (Å²) in [4.78, 5) is 59.0. The molecule has 2 aliphatic rings. The zero-order valence-corrected chi connectivity index (χ0v) is 62.4. The van der Waals surface area contributed by atoms with E-state index in [2.05, 4.69) is 126 Å². The highest BCUT2D eigenvalue weighted by atomic mass is 35.5. The van der Waals surface area contributed by atoms with Crippen molar-refractivity contribution >= 4 is 114 Å². The number of benzene rings is 8. The van der Waals surface area contributed by atoms with Gasteiger partial charge in [-0.2, -0.15) is 62.1 Å². The number of pyridine rings is 8. The van der Waals surface area contributed by atoms with Gasteiger partial charge in [0.05, 0.1) is 112 Å². The topological polar surface area (TPSA) is 394 Å². The third kappa shape index (κ3) is 13.9. The molecule has 116 heavy (non-hydrogen) atoms. The van der Waals surface area contributed by atoms with Crippen molar-refractivity contribution in [2.75, 3.05) is 10.9 Å². The van der Waals surface area contributed by atoms with Crippen LogP contribution in [0.25, 0.3) is 147 Å². The Kier molecular flexibility index (Phi) is 19.0. The number of nitrogens with zero attached hydrogens (tertiary/aromatic N) is 16. The molecule has 12 heterocycles.